The molecule has 1 aromatic heterocycles. The number of carbonyl (C=O) groups is 1. The van der Waals surface area contributed by atoms with E-state index in [2.05, 4.69) is 10.1 Å². The minimum atomic E-state index is -0.423. The summed E-state index contributed by atoms with van der Waals surface area (Å²) in [5.74, 6) is 2.09. The largest absolute Gasteiger partial charge is 0.497 e. The Hall–Kier alpha value is -3.15. The highest BCUT2D eigenvalue weighted by molar-refractivity contribution is 5.91. The standard InChI is InChI=1S/C24H25N3O3/c1-16-6-3-4-7-19(16)21-25-22(30-26-21)20-8-5-15-27(20)23(28)24(13-14-24)17-9-11-18(29-2)12-10-17/h3-4,6-7,9-12,20H,5,8,13-15H2,1-2H3/t20-/m1/s1. The molecule has 5 rings (SSSR count). The van der Waals surface area contributed by atoms with Gasteiger partial charge in [-0.2, -0.15) is 4.98 Å². The Bertz CT molecular complexity index is 1070. The first-order valence-electron chi connectivity index (χ1n) is 10.5. The third kappa shape index (κ3) is 3.07. The summed E-state index contributed by atoms with van der Waals surface area (Å²) in [7, 11) is 1.65. The first kappa shape index (κ1) is 18.9. The van der Waals surface area contributed by atoms with Crippen LogP contribution in [0.4, 0.5) is 0 Å². The van der Waals surface area contributed by atoms with E-state index in [0.717, 1.165) is 54.7 Å². The Morgan fingerprint density at radius 2 is 1.93 bits per heavy atom. The van der Waals surface area contributed by atoms with Crippen molar-refractivity contribution in [1.82, 2.24) is 15.0 Å². The van der Waals surface area contributed by atoms with Gasteiger partial charge in [-0.3, -0.25) is 4.79 Å². The van der Waals surface area contributed by atoms with Crippen molar-refractivity contribution in [2.24, 2.45) is 0 Å². The molecule has 0 unspecified atom stereocenters. The van der Waals surface area contributed by atoms with Crippen LogP contribution in [0.5, 0.6) is 5.75 Å². The zero-order valence-electron chi connectivity index (χ0n) is 17.3. The van der Waals surface area contributed by atoms with E-state index in [9.17, 15) is 4.79 Å². The van der Waals surface area contributed by atoms with Crippen LogP contribution >= 0.6 is 0 Å². The summed E-state index contributed by atoms with van der Waals surface area (Å²) in [5.41, 5.74) is 2.69. The van der Waals surface area contributed by atoms with E-state index in [1.54, 1.807) is 7.11 Å². The number of nitrogens with zero attached hydrogens (tertiary/aromatic N) is 3. The van der Waals surface area contributed by atoms with E-state index in [1.165, 1.54) is 0 Å². The van der Waals surface area contributed by atoms with Crippen molar-refractivity contribution in [3.05, 3.63) is 65.5 Å². The number of hydrogen-bond acceptors (Lipinski definition) is 5. The maximum atomic E-state index is 13.6. The lowest BCUT2D eigenvalue weighted by Gasteiger charge is -2.27. The van der Waals surface area contributed by atoms with E-state index < -0.39 is 5.41 Å². The summed E-state index contributed by atoms with van der Waals surface area (Å²) in [4.78, 5) is 20.2. The van der Waals surface area contributed by atoms with Gasteiger partial charge in [0.25, 0.3) is 0 Å². The van der Waals surface area contributed by atoms with Crippen LogP contribution in [0.3, 0.4) is 0 Å². The highest BCUT2D eigenvalue weighted by Crippen LogP contribution is 2.51. The second kappa shape index (κ2) is 7.27. The van der Waals surface area contributed by atoms with Gasteiger partial charge in [0.15, 0.2) is 0 Å². The summed E-state index contributed by atoms with van der Waals surface area (Å²) >= 11 is 0. The zero-order valence-corrected chi connectivity index (χ0v) is 17.3. The van der Waals surface area contributed by atoms with Crippen molar-refractivity contribution in [2.75, 3.05) is 13.7 Å². The van der Waals surface area contributed by atoms with E-state index in [1.807, 2.05) is 60.4 Å². The number of hydrogen-bond donors (Lipinski definition) is 0. The molecule has 6 nitrogen and oxygen atoms in total. The Morgan fingerprint density at radius 1 is 1.17 bits per heavy atom. The maximum Gasteiger partial charge on any atom is 0.249 e. The highest BCUT2D eigenvalue weighted by Gasteiger charge is 2.55. The zero-order chi connectivity index (χ0) is 20.7. The normalized spacial score (nSPS) is 19.7. The molecule has 0 radical (unpaired) electrons. The van der Waals surface area contributed by atoms with Crippen molar-refractivity contribution in [2.45, 2.75) is 44.1 Å². The summed E-state index contributed by atoms with van der Waals surface area (Å²) in [5, 5.41) is 4.20. The number of amides is 1. The molecule has 3 aromatic rings. The quantitative estimate of drug-likeness (QED) is 0.630. The molecule has 1 atom stereocenters. The molecule has 2 heterocycles. The van der Waals surface area contributed by atoms with Gasteiger partial charge in [-0.1, -0.05) is 41.6 Å². The van der Waals surface area contributed by atoms with Crippen molar-refractivity contribution in [3.63, 3.8) is 0 Å². The topological polar surface area (TPSA) is 68.5 Å². The average Bonchev–Trinajstić information content (AvgIpc) is 3.20. The van der Waals surface area contributed by atoms with E-state index in [4.69, 9.17) is 9.26 Å². The summed E-state index contributed by atoms with van der Waals surface area (Å²) in [6.45, 7) is 2.76. The van der Waals surface area contributed by atoms with Crippen molar-refractivity contribution in [3.8, 4) is 17.1 Å². The monoisotopic (exact) mass is 403 g/mol. The Kier molecular flexibility index (Phi) is 4.57. The maximum absolute atomic E-state index is 13.6. The smallest absolute Gasteiger partial charge is 0.249 e. The van der Waals surface area contributed by atoms with Crippen molar-refractivity contribution >= 4 is 5.91 Å². The number of methoxy groups -OCH3 is 1. The first-order chi connectivity index (χ1) is 14.6. The highest BCUT2D eigenvalue weighted by atomic mass is 16.5. The predicted molar refractivity (Wildman–Crippen MR) is 112 cm³/mol. The number of rotatable bonds is 5. The van der Waals surface area contributed by atoms with Gasteiger partial charge in [-0.05, 0) is 55.9 Å². The fourth-order valence-corrected chi connectivity index (χ4v) is 4.51. The summed E-state index contributed by atoms with van der Waals surface area (Å²) in [6, 6.07) is 15.7. The molecule has 0 bridgehead atoms. The van der Waals surface area contributed by atoms with Crippen molar-refractivity contribution in [1.29, 1.82) is 0 Å². The molecule has 0 N–H and O–H groups in total. The summed E-state index contributed by atoms with van der Waals surface area (Å²) < 4.78 is 10.9. The van der Waals surface area contributed by atoms with Gasteiger partial charge in [0.05, 0.1) is 12.5 Å². The molecule has 2 aromatic carbocycles. The van der Waals surface area contributed by atoms with E-state index in [0.29, 0.717) is 11.7 Å². The molecule has 30 heavy (non-hydrogen) atoms. The molecule has 0 spiro atoms. The molecule has 1 aliphatic carbocycles. The Balaban J connectivity index is 1.40. The fourth-order valence-electron chi connectivity index (χ4n) is 4.51. The van der Waals surface area contributed by atoms with Crippen LogP contribution in [-0.2, 0) is 10.2 Å². The van der Waals surface area contributed by atoms with Crippen LogP contribution in [0.1, 0.15) is 48.7 Å². The van der Waals surface area contributed by atoms with Crippen LogP contribution in [-0.4, -0.2) is 34.6 Å². The number of ether oxygens (including phenoxy) is 1. The number of benzene rings is 2. The van der Waals surface area contributed by atoms with Gasteiger partial charge in [-0.25, -0.2) is 0 Å². The lowest BCUT2D eigenvalue weighted by Crippen LogP contribution is -2.39. The van der Waals surface area contributed by atoms with Gasteiger partial charge >= 0.3 is 0 Å². The van der Waals surface area contributed by atoms with Gasteiger partial charge in [0, 0.05) is 12.1 Å². The number of carbonyl (C=O) groups excluding carboxylic acids is 1. The predicted octanol–water partition coefficient (Wildman–Crippen LogP) is 4.45. The molecular weight excluding hydrogens is 378 g/mol. The van der Waals surface area contributed by atoms with Crippen molar-refractivity contribution < 1.29 is 14.1 Å². The fraction of sp³-hybridized carbons (Fsp3) is 0.375. The molecule has 6 heteroatoms. The Morgan fingerprint density at radius 3 is 2.63 bits per heavy atom. The third-order valence-electron chi connectivity index (χ3n) is 6.43. The third-order valence-corrected chi connectivity index (χ3v) is 6.43. The summed E-state index contributed by atoms with van der Waals surface area (Å²) in [6.07, 6.45) is 3.54. The van der Waals surface area contributed by atoms with E-state index >= 15 is 0 Å². The molecule has 2 fully saturated rings. The van der Waals surface area contributed by atoms with Crippen LogP contribution in [0.15, 0.2) is 53.1 Å². The second-order valence-electron chi connectivity index (χ2n) is 8.24. The number of likely N-dealkylation sites (tertiary alicyclic amines) is 1. The molecule has 1 saturated carbocycles. The van der Waals surface area contributed by atoms with Gasteiger partial charge in [0.1, 0.15) is 11.8 Å². The number of aryl methyl sites for hydroxylation is 1. The average molecular weight is 403 g/mol. The van der Waals surface area contributed by atoms with Gasteiger partial charge in [0.2, 0.25) is 17.6 Å². The molecule has 1 amide bonds. The van der Waals surface area contributed by atoms with Crippen LogP contribution in [0.25, 0.3) is 11.4 Å². The first-order valence-corrected chi connectivity index (χ1v) is 10.5. The second-order valence-corrected chi connectivity index (χ2v) is 8.24. The number of aromatic nitrogens is 2. The van der Waals surface area contributed by atoms with Gasteiger partial charge in [-0.15, -0.1) is 0 Å². The van der Waals surface area contributed by atoms with E-state index in [-0.39, 0.29) is 11.9 Å². The minimum absolute atomic E-state index is 0.154. The lowest BCUT2D eigenvalue weighted by molar-refractivity contribution is -0.135. The Labute approximate surface area is 175 Å². The molecule has 2 aliphatic rings. The molecule has 154 valence electrons. The van der Waals surface area contributed by atoms with Crippen LogP contribution < -0.4 is 4.74 Å². The minimum Gasteiger partial charge on any atom is -0.497 e. The molecular formula is C24H25N3O3. The van der Waals surface area contributed by atoms with Crippen LogP contribution in [0, 0.1) is 6.92 Å². The SMILES string of the molecule is COc1ccc(C2(C(=O)N3CCC[C@@H]3c3nc(-c4ccccc4C)no3)CC2)cc1. The lowest BCUT2D eigenvalue weighted by atomic mass is 9.94. The van der Waals surface area contributed by atoms with Gasteiger partial charge < -0.3 is 14.2 Å². The van der Waals surface area contributed by atoms with Crippen LogP contribution in [0.2, 0.25) is 0 Å². The molecule has 1 aliphatic heterocycles. The molecule has 1 saturated heterocycles.